The topological polar surface area (TPSA) is 55.1 Å². The van der Waals surface area contributed by atoms with Crippen molar-refractivity contribution in [3.05, 3.63) is 59.6 Å². The van der Waals surface area contributed by atoms with Gasteiger partial charge in [-0.1, -0.05) is 29.4 Å². The number of aromatic nitrogens is 1. The number of anilines is 1. The maximum absolute atomic E-state index is 12.6. The first-order chi connectivity index (χ1) is 10.8. The van der Waals surface area contributed by atoms with E-state index in [0.717, 1.165) is 34.9 Å². The quantitative estimate of drug-likeness (QED) is 0.790. The van der Waals surface area contributed by atoms with Gasteiger partial charge in [-0.05, 0) is 36.4 Å². The summed E-state index contributed by atoms with van der Waals surface area (Å²) in [7, 11) is 0. The van der Waals surface area contributed by atoms with Crippen LogP contribution in [-0.2, 0) is 10.2 Å². The summed E-state index contributed by atoms with van der Waals surface area (Å²) in [5, 5.41) is 9.10. The van der Waals surface area contributed by atoms with Gasteiger partial charge in [-0.3, -0.25) is 4.79 Å². The molecule has 4 nitrogen and oxygen atoms in total. The van der Waals surface area contributed by atoms with Crippen LogP contribution < -0.4 is 5.32 Å². The molecule has 5 heteroatoms. The van der Waals surface area contributed by atoms with Crippen molar-refractivity contribution in [2.45, 2.75) is 18.3 Å². The van der Waals surface area contributed by atoms with Crippen molar-refractivity contribution in [3.8, 4) is 10.6 Å². The Bertz CT molecular complexity index is 789. The summed E-state index contributed by atoms with van der Waals surface area (Å²) in [5.41, 5.74) is 1.000. The summed E-state index contributed by atoms with van der Waals surface area (Å²) in [4.78, 5) is 13.6. The zero-order valence-electron chi connectivity index (χ0n) is 11.8. The molecule has 1 aliphatic carbocycles. The van der Waals surface area contributed by atoms with E-state index in [9.17, 15) is 4.79 Å². The van der Waals surface area contributed by atoms with E-state index >= 15 is 0 Å². The molecule has 0 radical (unpaired) electrons. The molecule has 0 unspecified atom stereocenters. The Hall–Kier alpha value is -2.40. The van der Waals surface area contributed by atoms with Crippen LogP contribution in [0.15, 0.2) is 58.4 Å². The molecule has 22 heavy (non-hydrogen) atoms. The van der Waals surface area contributed by atoms with Gasteiger partial charge in [-0.15, -0.1) is 11.3 Å². The number of para-hydroxylation sites is 1. The second kappa shape index (κ2) is 5.10. The third-order valence-corrected chi connectivity index (χ3v) is 4.87. The fourth-order valence-electron chi connectivity index (χ4n) is 2.53. The zero-order valence-corrected chi connectivity index (χ0v) is 12.6. The van der Waals surface area contributed by atoms with Crippen molar-refractivity contribution in [2.24, 2.45) is 0 Å². The van der Waals surface area contributed by atoms with Crippen molar-refractivity contribution in [1.29, 1.82) is 0 Å². The predicted octanol–water partition coefficient (Wildman–Crippen LogP) is 4.07. The zero-order chi connectivity index (χ0) is 15.0. The van der Waals surface area contributed by atoms with Gasteiger partial charge < -0.3 is 9.84 Å². The third-order valence-electron chi connectivity index (χ3n) is 3.98. The molecule has 1 amide bonds. The number of nitrogens with one attached hydrogen (secondary N) is 1. The summed E-state index contributed by atoms with van der Waals surface area (Å²) in [6.07, 6.45) is 1.62. The monoisotopic (exact) mass is 310 g/mol. The Morgan fingerprint density at radius 1 is 1.18 bits per heavy atom. The molecule has 2 aromatic heterocycles. The van der Waals surface area contributed by atoms with Gasteiger partial charge >= 0.3 is 0 Å². The Labute approximate surface area is 131 Å². The maximum atomic E-state index is 12.6. The minimum atomic E-state index is -0.533. The lowest BCUT2D eigenvalue weighted by molar-refractivity contribution is -0.118. The van der Waals surface area contributed by atoms with Crippen LogP contribution in [-0.4, -0.2) is 11.1 Å². The van der Waals surface area contributed by atoms with Gasteiger partial charge in [0.05, 0.1) is 16.0 Å². The molecule has 4 rings (SSSR count). The average molecular weight is 310 g/mol. The van der Waals surface area contributed by atoms with Gasteiger partial charge in [0, 0.05) is 11.8 Å². The Kier molecular flexibility index (Phi) is 3.08. The first-order valence-corrected chi connectivity index (χ1v) is 8.03. The Morgan fingerprint density at radius 2 is 2.00 bits per heavy atom. The predicted molar refractivity (Wildman–Crippen MR) is 85.8 cm³/mol. The highest BCUT2D eigenvalue weighted by atomic mass is 32.1. The first-order valence-electron chi connectivity index (χ1n) is 7.15. The SMILES string of the molecule is O=C(Nc1ccccc1)C1(c2cc(-c3cccs3)on2)CC1. The van der Waals surface area contributed by atoms with E-state index in [4.69, 9.17) is 4.52 Å². The number of rotatable bonds is 4. The van der Waals surface area contributed by atoms with E-state index in [1.54, 1.807) is 11.3 Å². The van der Waals surface area contributed by atoms with E-state index < -0.39 is 5.41 Å². The third kappa shape index (κ3) is 2.23. The van der Waals surface area contributed by atoms with Crippen LogP contribution in [0.3, 0.4) is 0 Å². The van der Waals surface area contributed by atoms with Gasteiger partial charge in [0.2, 0.25) is 5.91 Å². The number of hydrogen-bond acceptors (Lipinski definition) is 4. The normalized spacial score (nSPS) is 15.5. The molecular formula is C17H14N2O2S. The van der Waals surface area contributed by atoms with Crippen molar-refractivity contribution >= 4 is 22.9 Å². The first kappa shape index (κ1) is 13.3. The number of benzene rings is 1. The van der Waals surface area contributed by atoms with Crippen LogP contribution in [0, 0.1) is 0 Å². The molecule has 1 N–H and O–H groups in total. The number of carbonyl (C=O) groups excluding carboxylic acids is 1. The summed E-state index contributed by atoms with van der Waals surface area (Å²) >= 11 is 1.60. The molecule has 0 saturated heterocycles. The van der Waals surface area contributed by atoms with Crippen molar-refractivity contribution in [3.63, 3.8) is 0 Å². The molecular weight excluding hydrogens is 296 g/mol. The number of carbonyl (C=O) groups is 1. The molecule has 1 saturated carbocycles. The smallest absolute Gasteiger partial charge is 0.236 e. The van der Waals surface area contributed by atoms with E-state index in [-0.39, 0.29) is 5.91 Å². The minimum Gasteiger partial charge on any atom is -0.355 e. The Morgan fingerprint density at radius 3 is 2.68 bits per heavy atom. The number of thiophene rings is 1. The lowest BCUT2D eigenvalue weighted by Gasteiger charge is -2.12. The highest BCUT2D eigenvalue weighted by Crippen LogP contribution is 2.49. The fraction of sp³-hybridized carbons (Fsp3) is 0.176. The van der Waals surface area contributed by atoms with Gasteiger partial charge in [0.1, 0.15) is 0 Å². The summed E-state index contributed by atoms with van der Waals surface area (Å²) in [6.45, 7) is 0. The number of nitrogens with zero attached hydrogens (tertiary/aromatic N) is 1. The van der Waals surface area contributed by atoms with Gasteiger partial charge in [-0.2, -0.15) is 0 Å². The lowest BCUT2D eigenvalue weighted by Crippen LogP contribution is -2.28. The van der Waals surface area contributed by atoms with E-state index in [1.165, 1.54) is 0 Å². The molecule has 0 atom stereocenters. The molecule has 1 aliphatic rings. The number of amides is 1. The summed E-state index contributed by atoms with van der Waals surface area (Å²) in [6, 6.07) is 15.3. The summed E-state index contributed by atoms with van der Waals surface area (Å²) in [5.74, 6) is 0.716. The maximum Gasteiger partial charge on any atom is 0.236 e. The standard InChI is InChI=1S/C17H14N2O2S/c20-16(18-12-5-2-1-3-6-12)17(8-9-17)15-11-13(21-19-15)14-7-4-10-22-14/h1-7,10-11H,8-9H2,(H,18,20). The second-order valence-corrected chi connectivity index (χ2v) is 6.40. The van der Waals surface area contributed by atoms with Crippen LogP contribution in [0.1, 0.15) is 18.5 Å². The molecule has 3 aromatic rings. The van der Waals surface area contributed by atoms with Crippen LogP contribution >= 0.6 is 11.3 Å². The lowest BCUT2D eigenvalue weighted by atomic mass is 10.0. The number of hydrogen-bond donors (Lipinski definition) is 1. The van der Waals surface area contributed by atoms with Crippen molar-refractivity contribution in [2.75, 3.05) is 5.32 Å². The molecule has 110 valence electrons. The van der Waals surface area contributed by atoms with Crippen LogP contribution in [0.25, 0.3) is 10.6 Å². The molecule has 1 aromatic carbocycles. The van der Waals surface area contributed by atoms with E-state index in [2.05, 4.69) is 10.5 Å². The van der Waals surface area contributed by atoms with Gasteiger partial charge in [0.15, 0.2) is 5.76 Å². The highest BCUT2D eigenvalue weighted by Gasteiger charge is 2.53. The van der Waals surface area contributed by atoms with E-state index in [1.807, 2.05) is 53.9 Å². The second-order valence-electron chi connectivity index (χ2n) is 5.46. The van der Waals surface area contributed by atoms with Crippen LogP contribution in [0.5, 0.6) is 0 Å². The summed E-state index contributed by atoms with van der Waals surface area (Å²) < 4.78 is 5.42. The molecule has 0 spiro atoms. The Balaban J connectivity index is 1.58. The molecule has 1 fully saturated rings. The molecule has 2 heterocycles. The fourth-order valence-corrected chi connectivity index (χ4v) is 3.21. The van der Waals surface area contributed by atoms with Gasteiger partial charge in [0.25, 0.3) is 0 Å². The van der Waals surface area contributed by atoms with Crippen LogP contribution in [0.2, 0.25) is 0 Å². The van der Waals surface area contributed by atoms with Crippen molar-refractivity contribution in [1.82, 2.24) is 5.16 Å². The van der Waals surface area contributed by atoms with Crippen LogP contribution in [0.4, 0.5) is 5.69 Å². The highest BCUT2D eigenvalue weighted by molar-refractivity contribution is 7.13. The average Bonchev–Trinajstić information content (AvgIpc) is 2.98. The molecule has 0 bridgehead atoms. The van der Waals surface area contributed by atoms with E-state index in [0.29, 0.717) is 0 Å². The minimum absolute atomic E-state index is 0.00951. The largest absolute Gasteiger partial charge is 0.355 e. The van der Waals surface area contributed by atoms with Gasteiger partial charge in [-0.25, -0.2) is 0 Å². The van der Waals surface area contributed by atoms with Crippen molar-refractivity contribution < 1.29 is 9.32 Å². The molecule has 0 aliphatic heterocycles.